The fourth-order valence-electron chi connectivity index (χ4n) is 2.17. The lowest BCUT2D eigenvalue weighted by Crippen LogP contribution is -2.44. The normalized spacial score (nSPS) is 17.6. The van der Waals surface area contributed by atoms with Gasteiger partial charge in [-0.15, -0.1) is 0 Å². The molecule has 1 aromatic carbocycles. The number of hydrogen-bond acceptors (Lipinski definition) is 3. The Morgan fingerprint density at radius 1 is 1.25 bits per heavy atom. The first kappa shape index (κ1) is 11.3. The third-order valence-electron chi connectivity index (χ3n) is 3.26. The fourth-order valence-corrected chi connectivity index (χ4v) is 2.17. The number of nitrogens with two attached hydrogens (primary N) is 1. The van der Waals surface area contributed by atoms with Crippen molar-refractivity contribution in [3.8, 4) is 11.5 Å². The van der Waals surface area contributed by atoms with Gasteiger partial charge in [0.15, 0.2) is 11.5 Å². The first-order valence-corrected chi connectivity index (χ1v) is 5.82. The number of methoxy groups -OCH3 is 1. The molecular weight excluding hydrogens is 202 g/mol. The van der Waals surface area contributed by atoms with Crippen LogP contribution >= 0.6 is 0 Å². The largest absolute Gasteiger partial charge is 0.493 e. The van der Waals surface area contributed by atoms with Crippen LogP contribution in [0, 0.1) is 0 Å². The maximum atomic E-state index is 6.10. The second-order valence-electron chi connectivity index (χ2n) is 4.33. The van der Waals surface area contributed by atoms with Crippen LogP contribution in [-0.2, 0) is 0 Å². The van der Waals surface area contributed by atoms with Crippen molar-refractivity contribution >= 4 is 0 Å². The Morgan fingerprint density at radius 3 is 2.44 bits per heavy atom. The first-order valence-electron chi connectivity index (χ1n) is 5.82. The molecule has 0 aromatic heterocycles. The van der Waals surface area contributed by atoms with Crippen molar-refractivity contribution in [1.82, 2.24) is 0 Å². The quantitative estimate of drug-likeness (QED) is 0.830. The summed E-state index contributed by atoms with van der Waals surface area (Å²) < 4.78 is 11.4. The number of hydrogen-bond donors (Lipinski definition) is 1. The number of benzene rings is 1. The molecule has 88 valence electrons. The minimum absolute atomic E-state index is 0.0383. The molecule has 0 spiro atoms. The SMILES string of the molecule is COc1ccccc1OC1(CCN)CCC1. The van der Waals surface area contributed by atoms with Crippen LogP contribution in [0.25, 0.3) is 0 Å². The van der Waals surface area contributed by atoms with Crippen molar-refractivity contribution in [3.63, 3.8) is 0 Å². The molecule has 0 saturated heterocycles. The summed E-state index contributed by atoms with van der Waals surface area (Å²) in [4.78, 5) is 0. The zero-order valence-corrected chi connectivity index (χ0v) is 9.74. The van der Waals surface area contributed by atoms with Gasteiger partial charge in [0.1, 0.15) is 5.60 Å². The minimum atomic E-state index is -0.0383. The highest BCUT2D eigenvalue weighted by atomic mass is 16.5. The van der Waals surface area contributed by atoms with Gasteiger partial charge >= 0.3 is 0 Å². The topological polar surface area (TPSA) is 44.5 Å². The molecule has 0 amide bonds. The molecule has 1 fully saturated rings. The summed E-state index contributed by atoms with van der Waals surface area (Å²) in [7, 11) is 1.67. The maximum Gasteiger partial charge on any atom is 0.161 e. The van der Waals surface area contributed by atoms with Crippen LogP contribution < -0.4 is 15.2 Å². The average molecular weight is 221 g/mol. The van der Waals surface area contributed by atoms with Crippen molar-refractivity contribution in [1.29, 1.82) is 0 Å². The molecule has 3 nitrogen and oxygen atoms in total. The highest BCUT2D eigenvalue weighted by Gasteiger charge is 2.39. The Kier molecular flexibility index (Phi) is 3.34. The molecule has 0 radical (unpaired) electrons. The van der Waals surface area contributed by atoms with E-state index < -0.39 is 0 Å². The van der Waals surface area contributed by atoms with E-state index in [9.17, 15) is 0 Å². The van der Waals surface area contributed by atoms with E-state index in [-0.39, 0.29) is 5.60 Å². The van der Waals surface area contributed by atoms with Crippen LogP contribution in [0.15, 0.2) is 24.3 Å². The molecule has 1 aliphatic rings. The Bertz CT molecular complexity index is 348. The molecule has 0 bridgehead atoms. The van der Waals surface area contributed by atoms with E-state index in [4.69, 9.17) is 15.2 Å². The monoisotopic (exact) mass is 221 g/mol. The third kappa shape index (κ3) is 2.14. The predicted octanol–water partition coefficient (Wildman–Crippen LogP) is 2.35. The molecule has 2 N–H and O–H groups in total. The predicted molar refractivity (Wildman–Crippen MR) is 63.9 cm³/mol. The zero-order chi connectivity index (χ0) is 11.4. The van der Waals surface area contributed by atoms with Crippen LogP contribution in [0.5, 0.6) is 11.5 Å². The summed E-state index contributed by atoms with van der Waals surface area (Å²) in [6.45, 7) is 0.676. The molecule has 0 unspecified atom stereocenters. The second kappa shape index (κ2) is 4.74. The highest BCUT2D eigenvalue weighted by Crippen LogP contribution is 2.41. The summed E-state index contributed by atoms with van der Waals surface area (Å²) in [5.74, 6) is 1.63. The summed E-state index contributed by atoms with van der Waals surface area (Å²) in [6, 6.07) is 7.79. The van der Waals surface area contributed by atoms with Gasteiger partial charge in [-0.2, -0.15) is 0 Å². The van der Waals surface area contributed by atoms with E-state index >= 15 is 0 Å². The van der Waals surface area contributed by atoms with Crippen LogP contribution in [-0.4, -0.2) is 19.3 Å². The van der Waals surface area contributed by atoms with E-state index in [1.54, 1.807) is 7.11 Å². The first-order chi connectivity index (χ1) is 7.79. The Balaban J connectivity index is 2.12. The van der Waals surface area contributed by atoms with Crippen LogP contribution in [0.1, 0.15) is 25.7 Å². The van der Waals surface area contributed by atoms with Crippen molar-refractivity contribution in [3.05, 3.63) is 24.3 Å². The van der Waals surface area contributed by atoms with Crippen LogP contribution in [0.4, 0.5) is 0 Å². The lowest BCUT2D eigenvalue weighted by atomic mass is 9.77. The second-order valence-corrected chi connectivity index (χ2v) is 4.33. The van der Waals surface area contributed by atoms with Crippen molar-refractivity contribution in [2.24, 2.45) is 5.73 Å². The molecular formula is C13H19NO2. The molecule has 0 heterocycles. The Labute approximate surface area is 96.5 Å². The van der Waals surface area contributed by atoms with Crippen LogP contribution in [0.2, 0.25) is 0 Å². The van der Waals surface area contributed by atoms with E-state index in [1.165, 1.54) is 6.42 Å². The van der Waals surface area contributed by atoms with Gasteiger partial charge in [-0.25, -0.2) is 0 Å². The van der Waals surface area contributed by atoms with Gasteiger partial charge in [-0.05, 0) is 44.4 Å². The van der Waals surface area contributed by atoms with E-state index in [1.807, 2.05) is 24.3 Å². The number of para-hydroxylation sites is 2. The Hall–Kier alpha value is -1.22. The summed E-state index contributed by atoms with van der Waals surface area (Å²) >= 11 is 0. The number of rotatable bonds is 5. The van der Waals surface area contributed by atoms with Gasteiger partial charge < -0.3 is 15.2 Å². The smallest absolute Gasteiger partial charge is 0.161 e. The Morgan fingerprint density at radius 2 is 1.94 bits per heavy atom. The van der Waals surface area contributed by atoms with E-state index in [0.29, 0.717) is 6.54 Å². The molecule has 1 aliphatic carbocycles. The summed E-state index contributed by atoms with van der Waals surface area (Å²) in [6.07, 6.45) is 4.35. The zero-order valence-electron chi connectivity index (χ0n) is 9.74. The average Bonchev–Trinajstić information content (AvgIpc) is 2.27. The standard InChI is InChI=1S/C13H19NO2/c1-15-11-5-2-3-6-12(11)16-13(9-10-14)7-4-8-13/h2-3,5-6H,4,7-10,14H2,1H3. The van der Waals surface area contributed by atoms with Crippen LogP contribution in [0.3, 0.4) is 0 Å². The number of ether oxygens (including phenoxy) is 2. The lowest BCUT2D eigenvalue weighted by molar-refractivity contribution is -0.0143. The molecule has 3 heteroatoms. The van der Waals surface area contributed by atoms with Crippen molar-refractivity contribution in [2.45, 2.75) is 31.3 Å². The molecule has 2 rings (SSSR count). The molecule has 0 aliphatic heterocycles. The van der Waals surface area contributed by atoms with Gasteiger partial charge in [0.25, 0.3) is 0 Å². The fraction of sp³-hybridized carbons (Fsp3) is 0.538. The van der Waals surface area contributed by atoms with E-state index in [0.717, 1.165) is 30.8 Å². The molecule has 1 aromatic rings. The van der Waals surface area contributed by atoms with Gasteiger partial charge in [0, 0.05) is 0 Å². The van der Waals surface area contributed by atoms with Crippen molar-refractivity contribution in [2.75, 3.05) is 13.7 Å². The molecule has 16 heavy (non-hydrogen) atoms. The van der Waals surface area contributed by atoms with Gasteiger partial charge in [0.05, 0.1) is 7.11 Å². The maximum absolute atomic E-state index is 6.10. The third-order valence-corrected chi connectivity index (χ3v) is 3.26. The molecule has 1 saturated carbocycles. The van der Waals surface area contributed by atoms with Gasteiger partial charge in [-0.3, -0.25) is 0 Å². The molecule has 0 atom stereocenters. The summed E-state index contributed by atoms with van der Waals surface area (Å²) in [5, 5.41) is 0. The lowest BCUT2D eigenvalue weighted by Gasteiger charge is -2.42. The van der Waals surface area contributed by atoms with Gasteiger partial charge in [0.2, 0.25) is 0 Å². The van der Waals surface area contributed by atoms with E-state index in [2.05, 4.69) is 0 Å². The van der Waals surface area contributed by atoms with Crippen molar-refractivity contribution < 1.29 is 9.47 Å². The highest BCUT2D eigenvalue weighted by molar-refractivity contribution is 5.40. The minimum Gasteiger partial charge on any atom is -0.493 e. The van der Waals surface area contributed by atoms with Gasteiger partial charge in [-0.1, -0.05) is 12.1 Å². The summed E-state index contributed by atoms with van der Waals surface area (Å²) in [5.41, 5.74) is 5.60.